The normalized spacial score (nSPS) is 14.9. The number of anilines is 1. The number of aryl methyl sites for hydroxylation is 1. The van der Waals surface area contributed by atoms with E-state index in [0.29, 0.717) is 30.2 Å². The average molecular weight is 451 g/mol. The highest BCUT2D eigenvalue weighted by Gasteiger charge is 2.33. The molecule has 1 unspecified atom stereocenters. The zero-order valence-electron chi connectivity index (χ0n) is 18.9. The molecule has 7 heteroatoms. The molecule has 2 amide bonds. The maximum absolute atomic E-state index is 13.3. The van der Waals surface area contributed by atoms with Gasteiger partial charge in [0.15, 0.2) is 11.5 Å². The van der Waals surface area contributed by atoms with E-state index >= 15 is 0 Å². The van der Waals surface area contributed by atoms with Crippen LogP contribution >= 0.6 is 0 Å². The lowest BCUT2D eigenvalue weighted by atomic mass is 9.92. The van der Waals surface area contributed by atoms with E-state index in [4.69, 9.17) is 14.2 Å². The lowest BCUT2D eigenvalue weighted by Crippen LogP contribution is -2.44. The lowest BCUT2D eigenvalue weighted by Gasteiger charge is -2.37. The van der Waals surface area contributed by atoms with Crippen LogP contribution in [0.25, 0.3) is 0 Å². The number of nitrogens with one attached hydrogen (secondary N) is 1. The van der Waals surface area contributed by atoms with E-state index in [-0.39, 0.29) is 24.5 Å². The molecule has 0 saturated carbocycles. The largest absolute Gasteiger partial charge is 0.493 e. The Hall–Kier alpha value is -3.74. The van der Waals surface area contributed by atoms with Gasteiger partial charge in [-0.1, -0.05) is 12.1 Å². The van der Waals surface area contributed by atoms with Gasteiger partial charge in [0.25, 0.3) is 0 Å². The highest BCUT2D eigenvalue weighted by Crippen LogP contribution is 2.38. The zero-order chi connectivity index (χ0) is 23.4. The fourth-order valence-electron chi connectivity index (χ4n) is 4.08. The maximum atomic E-state index is 13.3. The van der Waals surface area contributed by atoms with Crippen LogP contribution in [0.1, 0.15) is 22.7 Å². The number of rotatable bonds is 6. The topological polar surface area (TPSA) is 60.0 Å². The maximum Gasteiger partial charge on any atom is 0.322 e. The second kappa shape index (κ2) is 9.81. The smallest absolute Gasteiger partial charge is 0.322 e. The third kappa shape index (κ3) is 5.03. The second-order valence-corrected chi connectivity index (χ2v) is 7.93. The number of benzene rings is 3. The van der Waals surface area contributed by atoms with Crippen molar-refractivity contribution >= 4 is 11.7 Å². The number of hydrogen-bond acceptors (Lipinski definition) is 4. The number of hydrogen-bond donors (Lipinski definition) is 1. The van der Waals surface area contributed by atoms with Gasteiger partial charge in [0.1, 0.15) is 18.2 Å². The van der Waals surface area contributed by atoms with E-state index in [1.165, 1.54) is 12.1 Å². The van der Waals surface area contributed by atoms with Crippen molar-refractivity contribution in [2.75, 3.05) is 32.7 Å². The van der Waals surface area contributed by atoms with Gasteiger partial charge in [-0.2, -0.15) is 0 Å². The van der Waals surface area contributed by atoms with E-state index in [2.05, 4.69) is 5.32 Å². The first-order chi connectivity index (χ1) is 16.0. The number of fused-ring (bicyclic) bond motifs is 1. The van der Waals surface area contributed by atoms with Crippen LogP contribution in [0.4, 0.5) is 14.9 Å². The second-order valence-electron chi connectivity index (χ2n) is 7.93. The van der Waals surface area contributed by atoms with E-state index in [0.717, 1.165) is 22.4 Å². The van der Waals surface area contributed by atoms with Crippen molar-refractivity contribution in [1.82, 2.24) is 4.90 Å². The lowest BCUT2D eigenvalue weighted by molar-refractivity contribution is 0.144. The first-order valence-electron chi connectivity index (χ1n) is 10.8. The van der Waals surface area contributed by atoms with Crippen LogP contribution in [0, 0.1) is 12.7 Å². The van der Waals surface area contributed by atoms with Crippen LogP contribution in [-0.4, -0.2) is 38.3 Å². The summed E-state index contributed by atoms with van der Waals surface area (Å²) in [6, 6.07) is 16.8. The molecule has 1 heterocycles. The van der Waals surface area contributed by atoms with Gasteiger partial charge < -0.3 is 24.4 Å². The molecule has 3 aromatic rings. The Labute approximate surface area is 192 Å². The van der Waals surface area contributed by atoms with E-state index < -0.39 is 0 Å². The van der Waals surface area contributed by atoms with E-state index in [1.54, 1.807) is 31.3 Å². The summed E-state index contributed by atoms with van der Waals surface area (Å²) in [5.41, 5.74) is 3.79. The van der Waals surface area contributed by atoms with Crippen molar-refractivity contribution in [1.29, 1.82) is 0 Å². The van der Waals surface area contributed by atoms with Crippen LogP contribution in [0.15, 0.2) is 60.7 Å². The van der Waals surface area contributed by atoms with Gasteiger partial charge in [-0.05, 0) is 78.6 Å². The fourth-order valence-corrected chi connectivity index (χ4v) is 4.08. The third-order valence-electron chi connectivity index (χ3n) is 5.75. The number of methoxy groups -OCH3 is 2. The Morgan fingerprint density at radius 2 is 1.79 bits per heavy atom. The van der Waals surface area contributed by atoms with Crippen LogP contribution in [0.5, 0.6) is 17.2 Å². The SMILES string of the molecule is COc1cc2c(cc1OC)C(COc1ccc(F)cc1)N(C(=O)Nc1cccc(C)c1)CC2. The number of carbonyl (C=O) groups excluding carboxylic acids is 1. The molecule has 6 nitrogen and oxygen atoms in total. The number of carbonyl (C=O) groups is 1. The van der Waals surface area contributed by atoms with Crippen LogP contribution in [-0.2, 0) is 6.42 Å². The third-order valence-corrected chi connectivity index (χ3v) is 5.75. The number of ether oxygens (including phenoxy) is 3. The number of urea groups is 1. The van der Waals surface area contributed by atoms with Crippen LogP contribution < -0.4 is 19.5 Å². The predicted octanol–water partition coefficient (Wildman–Crippen LogP) is 5.36. The summed E-state index contributed by atoms with van der Waals surface area (Å²) in [4.78, 5) is 15.1. The quantitative estimate of drug-likeness (QED) is 0.549. The van der Waals surface area contributed by atoms with Crippen molar-refractivity contribution in [3.63, 3.8) is 0 Å². The molecule has 4 rings (SSSR count). The molecule has 0 bridgehead atoms. The molecule has 3 aromatic carbocycles. The number of halogens is 1. The minimum Gasteiger partial charge on any atom is -0.493 e. The number of amides is 2. The average Bonchev–Trinajstić information content (AvgIpc) is 2.82. The molecular weight excluding hydrogens is 423 g/mol. The van der Waals surface area contributed by atoms with Crippen LogP contribution in [0.2, 0.25) is 0 Å². The minimum atomic E-state index is -0.372. The molecular formula is C26H27FN2O4. The monoisotopic (exact) mass is 450 g/mol. The highest BCUT2D eigenvalue weighted by molar-refractivity contribution is 5.90. The molecule has 172 valence electrons. The van der Waals surface area contributed by atoms with Gasteiger partial charge in [0, 0.05) is 12.2 Å². The molecule has 0 fully saturated rings. The first kappa shape index (κ1) is 22.5. The summed E-state index contributed by atoms with van der Waals surface area (Å²) in [7, 11) is 3.18. The standard InChI is InChI=1S/C26H27FN2O4/c1-17-5-4-6-20(13-17)28-26(30)29-12-11-18-14-24(31-2)25(32-3)15-22(18)23(29)16-33-21-9-7-19(27)8-10-21/h4-10,13-15,23H,11-12,16H2,1-3H3,(H,28,30). The Balaban J connectivity index is 1.64. The fraction of sp³-hybridized carbons (Fsp3) is 0.269. The van der Waals surface area contributed by atoms with Crippen molar-refractivity contribution in [2.45, 2.75) is 19.4 Å². The summed E-state index contributed by atoms with van der Waals surface area (Å²) < 4.78 is 30.2. The molecule has 1 aliphatic heterocycles. The zero-order valence-corrected chi connectivity index (χ0v) is 18.9. The Morgan fingerprint density at radius 3 is 2.48 bits per heavy atom. The molecule has 0 aliphatic carbocycles. The molecule has 0 aromatic heterocycles. The molecule has 0 saturated heterocycles. The van der Waals surface area contributed by atoms with E-state index in [1.807, 2.05) is 43.3 Å². The molecule has 33 heavy (non-hydrogen) atoms. The van der Waals surface area contributed by atoms with Crippen molar-refractivity contribution in [3.8, 4) is 17.2 Å². The summed E-state index contributed by atoms with van der Waals surface area (Å²) in [5.74, 6) is 1.43. The van der Waals surface area contributed by atoms with E-state index in [9.17, 15) is 9.18 Å². The van der Waals surface area contributed by atoms with Gasteiger partial charge in [0.2, 0.25) is 0 Å². The molecule has 1 aliphatic rings. The van der Waals surface area contributed by atoms with Gasteiger partial charge in [0.05, 0.1) is 20.3 Å². The summed E-state index contributed by atoms with van der Waals surface area (Å²) >= 11 is 0. The number of nitrogens with zero attached hydrogens (tertiary/aromatic N) is 1. The molecule has 1 atom stereocenters. The molecule has 1 N–H and O–H groups in total. The summed E-state index contributed by atoms with van der Waals surface area (Å²) in [5, 5.41) is 3.00. The summed E-state index contributed by atoms with van der Waals surface area (Å²) in [6.45, 7) is 2.69. The van der Waals surface area contributed by atoms with Gasteiger partial charge >= 0.3 is 6.03 Å². The Bertz CT molecular complexity index is 1130. The highest BCUT2D eigenvalue weighted by atomic mass is 19.1. The van der Waals surface area contributed by atoms with Gasteiger partial charge in [-0.15, -0.1) is 0 Å². The first-order valence-corrected chi connectivity index (χ1v) is 10.8. The van der Waals surface area contributed by atoms with Gasteiger partial charge in [-0.3, -0.25) is 0 Å². The summed E-state index contributed by atoms with van der Waals surface area (Å²) in [6.07, 6.45) is 0.671. The van der Waals surface area contributed by atoms with Crippen molar-refractivity contribution in [3.05, 3.63) is 83.2 Å². The molecule has 0 spiro atoms. The van der Waals surface area contributed by atoms with Crippen molar-refractivity contribution < 1.29 is 23.4 Å². The van der Waals surface area contributed by atoms with Gasteiger partial charge in [-0.25, -0.2) is 9.18 Å². The Kier molecular flexibility index (Phi) is 6.68. The van der Waals surface area contributed by atoms with Crippen LogP contribution in [0.3, 0.4) is 0 Å². The minimum absolute atomic E-state index is 0.204. The predicted molar refractivity (Wildman–Crippen MR) is 125 cm³/mol. The molecule has 0 radical (unpaired) electrons. The Morgan fingerprint density at radius 1 is 1.06 bits per heavy atom. The van der Waals surface area contributed by atoms with Crippen molar-refractivity contribution in [2.24, 2.45) is 0 Å².